The van der Waals surface area contributed by atoms with E-state index in [1.807, 2.05) is 0 Å². The summed E-state index contributed by atoms with van der Waals surface area (Å²) < 4.78 is 31.0. The van der Waals surface area contributed by atoms with Crippen molar-refractivity contribution in [1.29, 1.82) is 0 Å². The third-order valence-electron chi connectivity index (χ3n) is 2.99. The van der Waals surface area contributed by atoms with Gasteiger partial charge in [0.25, 0.3) is 0 Å². The minimum Gasteiger partial charge on any atom is -0.465 e. The van der Waals surface area contributed by atoms with Gasteiger partial charge in [0, 0.05) is 19.2 Å². The highest BCUT2D eigenvalue weighted by Crippen LogP contribution is 2.19. The number of methoxy groups -OCH3 is 1. The van der Waals surface area contributed by atoms with E-state index in [4.69, 9.17) is 5.11 Å². The first-order valence-corrected chi connectivity index (χ1v) is 8.09. The molecule has 7 heteroatoms. The third-order valence-corrected chi connectivity index (χ3v) is 5.08. The van der Waals surface area contributed by atoms with Crippen LogP contribution < -0.4 is 0 Å². The van der Waals surface area contributed by atoms with Crippen LogP contribution in [0.2, 0.25) is 0 Å². The topological polar surface area (TPSA) is 83.9 Å². The first-order chi connectivity index (χ1) is 9.84. The van der Waals surface area contributed by atoms with Crippen LogP contribution in [0.25, 0.3) is 0 Å². The van der Waals surface area contributed by atoms with Crippen molar-refractivity contribution in [2.45, 2.75) is 31.2 Å². The van der Waals surface area contributed by atoms with Gasteiger partial charge < -0.3 is 9.84 Å². The molecule has 0 aliphatic heterocycles. The highest BCUT2D eigenvalue weighted by Gasteiger charge is 2.26. The molecule has 0 radical (unpaired) electrons. The number of hydrogen-bond acceptors (Lipinski definition) is 5. The Labute approximate surface area is 125 Å². The molecule has 1 aromatic carbocycles. The molecule has 0 saturated heterocycles. The Balaban J connectivity index is 3.07. The van der Waals surface area contributed by atoms with Crippen molar-refractivity contribution in [2.24, 2.45) is 0 Å². The summed E-state index contributed by atoms with van der Waals surface area (Å²) in [5, 5.41) is 8.88. The summed E-state index contributed by atoms with van der Waals surface area (Å²) in [5.41, 5.74) is 0.294. The van der Waals surface area contributed by atoms with Gasteiger partial charge in [0.2, 0.25) is 10.0 Å². The quantitative estimate of drug-likeness (QED) is 0.766. The van der Waals surface area contributed by atoms with Crippen LogP contribution in [0.4, 0.5) is 0 Å². The van der Waals surface area contributed by atoms with Crippen molar-refractivity contribution >= 4 is 16.0 Å². The standard InChI is InChI=1S/C14H21NO5S/c1-11(2)15(9-4-10-16)21(18,19)13-7-5-12(6-8-13)14(17)20-3/h5-8,11,16H,4,9-10H2,1-3H3. The van der Waals surface area contributed by atoms with Gasteiger partial charge in [-0.1, -0.05) is 0 Å². The molecular weight excluding hydrogens is 294 g/mol. The Morgan fingerprint density at radius 3 is 2.29 bits per heavy atom. The van der Waals surface area contributed by atoms with Crippen molar-refractivity contribution in [3.8, 4) is 0 Å². The summed E-state index contributed by atoms with van der Waals surface area (Å²) in [6.07, 6.45) is 0.373. The van der Waals surface area contributed by atoms with Gasteiger partial charge in [-0.25, -0.2) is 13.2 Å². The number of carbonyl (C=O) groups is 1. The minimum atomic E-state index is -3.65. The van der Waals surface area contributed by atoms with Crippen LogP contribution >= 0.6 is 0 Å². The van der Waals surface area contributed by atoms with Gasteiger partial charge >= 0.3 is 5.97 Å². The number of esters is 1. The van der Waals surface area contributed by atoms with Crippen molar-refractivity contribution < 1.29 is 23.1 Å². The number of benzene rings is 1. The molecule has 0 aliphatic carbocycles. The van der Waals surface area contributed by atoms with Gasteiger partial charge in [-0.15, -0.1) is 0 Å². The molecule has 0 aromatic heterocycles. The fraction of sp³-hybridized carbons (Fsp3) is 0.500. The van der Waals surface area contributed by atoms with Crippen molar-refractivity contribution in [3.05, 3.63) is 29.8 Å². The largest absolute Gasteiger partial charge is 0.465 e. The maximum absolute atomic E-state index is 12.6. The normalized spacial score (nSPS) is 11.9. The van der Waals surface area contributed by atoms with Crippen molar-refractivity contribution in [3.63, 3.8) is 0 Å². The van der Waals surface area contributed by atoms with E-state index >= 15 is 0 Å². The van der Waals surface area contributed by atoms with Gasteiger partial charge in [0.1, 0.15) is 0 Å². The predicted octanol–water partition coefficient (Wildman–Crippen LogP) is 1.25. The molecule has 1 N–H and O–H groups in total. The number of sulfonamides is 1. The molecule has 0 bridgehead atoms. The SMILES string of the molecule is COC(=O)c1ccc(S(=O)(=O)N(CCCO)C(C)C)cc1. The fourth-order valence-electron chi connectivity index (χ4n) is 1.90. The second-order valence-electron chi connectivity index (χ2n) is 4.80. The molecule has 0 atom stereocenters. The molecule has 1 rings (SSSR count). The predicted molar refractivity (Wildman–Crippen MR) is 78.5 cm³/mol. The van der Waals surface area contributed by atoms with Gasteiger partial charge in [-0.05, 0) is 44.5 Å². The summed E-state index contributed by atoms with van der Waals surface area (Å²) in [6, 6.07) is 5.39. The summed E-state index contributed by atoms with van der Waals surface area (Å²) in [4.78, 5) is 11.5. The van der Waals surface area contributed by atoms with Crippen LogP contribution in [0.5, 0.6) is 0 Å². The number of aliphatic hydroxyl groups excluding tert-OH is 1. The molecule has 0 unspecified atom stereocenters. The van der Waals surface area contributed by atoms with Crippen LogP contribution in [-0.2, 0) is 14.8 Å². The second-order valence-corrected chi connectivity index (χ2v) is 6.69. The molecule has 0 saturated carbocycles. The molecule has 0 fully saturated rings. The second kappa shape index (κ2) is 7.53. The minimum absolute atomic E-state index is 0.0694. The molecule has 0 spiro atoms. The lowest BCUT2D eigenvalue weighted by molar-refractivity contribution is 0.0600. The Hall–Kier alpha value is -1.44. The van der Waals surface area contributed by atoms with Crippen LogP contribution in [0.1, 0.15) is 30.6 Å². The van der Waals surface area contributed by atoms with E-state index in [1.54, 1.807) is 13.8 Å². The zero-order chi connectivity index (χ0) is 16.0. The molecule has 0 amide bonds. The van der Waals surface area contributed by atoms with Crippen LogP contribution in [-0.4, -0.2) is 50.1 Å². The molecular formula is C14H21NO5S. The highest BCUT2D eigenvalue weighted by atomic mass is 32.2. The van der Waals surface area contributed by atoms with E-state index in [9.17, 15) is 13.2 Å². The number of rotatable bonds is 7. The van der Waals surface area contributed by atoms with E-state index < -0.39 is 16.0 Å². The van der Waals surface area contributed by atoms with E-state index in [-0.39, 0.29) is 24.1 Å². The highest BCUT2D eigenvalue weighted by molar-refractivity contribution is 7.89. The molecule has 0 aliphatic rings. The Morgan fingerprint density at radius 2 is 1.86 bits per heavy atom. The average Bonchev–Trinajstić information content (AvgIpc) is 2.46. The zero-order valence-electron chi connectivity index (χ0n) is 12.4. The lowest BCUT2D eigenvalue weighted by Gasteiger charge is -2.25. The smallest absolute Gasteiger partial charge is 0.337 e. The van der Waals surface area contributed by atoms with Crippen molar-refractivity contribution in [2.75, 3.05) is 20.3 Å². The van der Waals surface area contributed by atoms with Gasteiger partial charge in [-0.3, -0.25) is 0 Å². The fourth-order valence-corrected chi connectivity index (χ4v) is 3.57. The number of ether oxygens (including phenoxy) is 1. The Morgan fingerprint density at radius 1 is 1.29 bits per heavy atom. The van der Waals surface area contributed by atoms with Gasteiger partial charge in [0.05, 0.1) is 17.6 Å². The van der Waals surface area contributed by atoms with E-state index in [0.717, 1.165) is 0 Å². The van der Waals surface area contributed by atoms with Crippen LogP contribution in [0.3, 0.4) is 0 Å². The Kier molecular flexibility index (Phi) is 6.32. The summed E-state index contributed by atoms with van der Waals surface area (Å²) in [7, 11) is -2.39. The first-order valence-electron chi connectivity index (χ1n) is 6.65. The number of nitrogens with zero attached hydrogens (tertiary/aromatic N) is 1. The maximum atomic E-state index is 12.6. The Bertz CT molecular complexity index is 566. The molecule has 0 heterocycles. The first kappa shape index (κ1) is 17.6. The maximum Gasteiger partial charge on any atom is 0.337 e. The van der Waals surface area contributed by atoms with Crippen LogP contribution in [0, 0.1) is 0 Å². The lowest BCUT2D eigenvalue weighted by atomic mass is 10.2. The molecule has 21 heavy (non-hydrogen) atoms. The lowest BCUT2D eigenvalue weighted by Crippen LogP contribution is -2.38. The van der Waals surface area contributed by atoms with Gasteiger partial charge in [0.15, 0.2) is 0 Å². The summed E-state index contributed by atoms with van der Waals surface area (Å²) in [5.74, 6) is -0.514. The van der Waals surface area contributed by atoms with E-state index in [0.29, 0.717) is 12.0 Å². The average molecular weight is 315 g/mol. The monoisotopic (exact) mass is 315 g/mol. The van der Waals surface area contributed by atoms with E-state index in [1.165, 1.54) is 35.7 Å². The van der Waals surface area contributed by atoms with Crippen LogP contribution in [0.15, 0.2) is 29.2 Å². The van der Waals surface area contributed by atoms with Gasteiger partial charge in [-0.2, -0.15) is 4.31 Å². The summed E-state index contributed by atoms with van der Waals surface area (Å²) in [6.45, 7) is 3.73. The van der Waals surface area contributed by atoms with Crippen molar-refractivity contribution in [1.82, 2.24) is 4.31 Å². The molecule has 118 valence electrons. The molecule has 6 nitrogen and oxygen atoms in total. The third kappa shape index (κ3) is 4.26. The zero-order valence-corrected chi connectivity index (χ0v) is 13.3. The number of aliphatic hydroxyl groups is 1. The van der Waals surface area contributed by atoms with E-state index in [2.05, 4.69) is 4.74 Å². The molecule has 1 aromatic rings. The number of carbonyl (C=O) groups excluding carboxylic acids is 1. The number of hydrogen-bond donors (Lipinski definition) is 1. The summed E-state index contributed by atoms with van der Waals surface area (Å²) >= 11 is 0.